The molecule has 1 aliphatic carbocycles. The Bertz CT molecular complexity index is 737. The van der Waals surface area contributed by atoms with Gasteiger partial charge in [0.15, 0.2) is 5.96 Å². The number of aliphatic imine (C=N–C) groups is 1. The van der Waals surface area contributed by atoms with E-state index < -0.39 is 0 Å². The second-order valence-corrected chi connectivity index (χ2v) is 8.09. The van der Waals surface area contributed by atoms with Crippen LogP contribution < -0.4 is 16.0 Å². The highest BCUT2D eigenvalue weighted by molar-refractivity contribution is 14.0. The van der Waals surface area contributed by atoms with Crippen LogP contribution in [0.4, 0.5) is 0 Å². The fourth-order valence-corrected chi connectivity index (χ4v) is 4.08. The van der Waals surface area contributed by atoms with Gasteiger partial charge in [-0.05, 0) is 43.5 Å². The molecule has 1 saturated heterocycles. The van der Waals surface area contributed by atoms with E-state index in [4.69, 9.17) is 11.6 Å². The largest absolute Gasteiger partial charge is 0.355 e. The Morgan fingerprint density at radius 3 is 2.43 bits per heavy atom. The average molecular weight is 548 g/mol. The summed E-state index contributed by atoms with van der Waals surface area (Å²) in [6.07, 6.45) is 5.36. The first-order chi connectivity index (χ1) is 14.1. The first kappa shape index (κ1) is 24.7. The average Bonchev–Trinajstić information content (AvgIpc) is 3.42. The van der Waals surface area contributed by atoms with Gasteiger partial charge in [-0.1, -0.05) is 24.4 Å². The number of likely N-dealkylation sites (tertiary alicyclic amines) is 1. The fraction of sp³-hybridized carbons (Fsp3) is 0.571. The molecule has 0 aromatic heterocycles. The Balaban J connectivity index is 0.00000320. The number of nitrogens with zero attached hydrogens (tertiary/aromatic N) is 2. The zero-order valence-electron chi connectivity index (χ0n) is 17.3. The molecular formula is C21H31ClIN5O2. The van der Waals surface area contributed by atoms with Gasteiger partial charge in [-0.2, -0.15) is 0 Å². The van der Waals surface area contributed by atoms with E-state index in [1.807, 2.05) is 4.90 Å². The molecule has 3 N–H and O–H groups in total. The molecule has 3 rings (SSSR count). The second-order valence-electron chi connectivity index (χ2n) is 7.66. The van der Waals surface area contributed by atoms with Crippen molar-refractivity contribution in [2.75, 3.05) is 33.2 Å². The number of benzene rings is 1. The van der Waals surface area contributed by atoms with E-state index in [0.717, 1.165) is 32.4 Å². The topological polar surface area (TPSA) is 85.8 Å². The highest BCUT2D eigenvalue weighted by Gasteiger charge is 2.32. The van der Waals surface area contributed by atoms with Crippen LogP contribution in [0.2, 0.25) is 5.02 Å². The Hall–Kier alpha value is -1.55. The predicted octanol–water partition coefficient (Wildman–Crippen LogP) is 2.64. The van der Waals surface area contributed by atoms with Gasteiger partial charge in [0.1, 0.15) is 0 Å². The summed E-state index contributed by atoms with van der Waals surface area (Å²) in [6.45, 7) is 2.56. The van der Waals surface area contributed by atoms with Crippen LogP contribution in [0.25, 0.3) is 0 Å². The first-order valence-corrected chi connectivity index (χ1v) is 10.7. The standard InChI is InChI=1S/C21H30ClN5O2.HI/c1-23-21(25-12-11-24-19(28)15-6-8-17(22)9-7-15)26-18-10-13-27(14-18)20(29)16-4-2-3-5-16;/h6-9,16,18H,2-5,10-14H2,1H3,(H,24,28)(H2,23,25,26);1H. The molecule has 1 atom stereocenters. The van der Waals surface area contributed by atoms with E-state index in [2.05, 4.69) is 20.9 Å². The Kier molecular flexibility index (Phi) is 10.2. The minimum Gasteiger partial charge on any atom is -0.355 e. The number of hydrogen-bond donors (Lipinski definition) is 3. The fourth-order valence-electron chi connectivity index (χ4n) is 3.96. The smallest absolute Gasteiger partial charge is 0.251 e. The van der Waals surface area contributed by atoms with Gasteiger partial charge >= 0.3 is 0 Å². The van der Waals surface area contributed by atoms with Crippen LogP contribution in [0.3, 0.4) is 0 Å². The summed E-state index contributed by atoms with van der Waals surface area (Å²) in [5, 5.41) is 10.1. The number of hydrogen-bond acceptors (Lipinski definition) is 3. The van der Waals surface area contributed by atoms with E-state index in [9.17, 15) is 9.59 Å². The van der Waals surface area contributed by atoms with Gasteiger partial charge in [0.05, 0.1) is 0 Å². The Labute approximate surface area is 200 Å². The van der Waals surface area contributed by atoms with Gasteiger partial charge in [-0.15, -0.1) is 24.0 Å². The third-order valence-corrected chi connectivity index (χ3v) is 5.83. The molecule has 166 valence electrons. The van der Waals surface area contributed by atoms with Crippen LogP contribution in [0, 0.1) is 5.92 Å². The Morgan fingerprint density at radius 2 is 1.77 bits per heavy atom. The number of rotatable bonds is 6. The molecule has 9 heteroatoms. The van der Waals surface area contributed by atoms with Crippen molar-refractivity contribution in [1.82, 2.24) is 20.9 Å². The van der Waals surface area contributed by atoms with Crippen molar-refractivity contribution in [3.63, 3.8) is 0 Å². The van der Waals surface area contributed by atoms with Gasteiger partial charge in [0.2, 0.25) is 5.91 Å². The van der Waals surface area contributed by atoms with E-state index in [1.165, 1.54) is 12.8 Å². The third kappa shape index (κ3) is 7.01. The van der Waals surface area contributed by atoms with Crippen LogP contribution in [0.5, 0.6) is 0 Å². The monoisotopic (exact) mass is 547 g/mol. The molecule has 0 radical (unpaired) electrons. The number of nitrogens with one attached hydrogen (secondary N) is 3. The lowest BCUT2D eigenvalue weighted by atomic mass is 10.1. The lowest BCUT2D eigenvalue weighted by molar-refractivity contribution is -0.134. The van der Waals surface area contributed by atoms with Gasteiger partial charge < -0.3 is 20.9 Å². The molecule has 30 heavy (non-hydrogen) atoms. The van der Waals surface area contributed by atoms with E-state index in [1.54, 1.807) is 31.3 Å². The molecule has 0 spiro atoms. The molecule has 1 aliphatic heterocycles. The zero-order chi connectivity index (χ0) is 20.6. The van der Waals surface area contributed by atoms with Crippen LogP contribution in [-0.2, 0) is 4.79 Å². The van der Waals surface area contributed by atoms with Crippen LogP contribution in [0.15, 0.2) is 29.3 Å². The highest BCUT2D eigenvalue weighted by Crippen LogP contribution is 2.27. The van der Waals surface area contributed by atoms with E-state index in [-0.39, 0.29) is 41.8 Å². The minimum atomic E-state index is -0.136. The Morgan fingerprint density at radius 1 is 1.10 bits per heavy atom. The van der Waals surface area contributed by atoms with Crippen molar-refractivity contribution in [2.45, 2.75) is 38.1 Å². The first-order valence-electron chi connectivity index (χ1n) is 10.4. The number of guanidine groups is 1. The lowest BCUT2D eigenvalue weighted by Gasteiger charge is -2.21. The summed E-state index contributed by atoms with van der Waals surface area (Å²) in [5.41, 5.74) is 0.579. The maximum atomic E-state index is 12.6. The summed E-state index contributed by atoms with van der Waals surface area (Å²) in [4.78, 5) is 30.9. The van der Waals surface area contributed by atoms with E-state index >= 15 is 0 Å². The summed E-state index contributed by atoms with van der Waals surface area (Å²) >= 11 is 5.84. The van der Waals surface area contributed by atoms with Crippen LogP contribution >= 0.6 is 35.6 Å². The molecule has 0 bridgehead atoms. The highest BCUT2D eigenvalue weighted by atomic mass is 127. The number of halogens is 2. The molecular weight excluding hydrogens is 517 g/mol. The predicted molar refractivity (Wildman–Crippen MR) is 131 cm³/mol. The van der Waals surface area contributed by atoms with Crippen molar-refractivity contribution < 1.29 is 9.59 Å². The van der Waals surface area contributed by atoms with Crippen molar-refractivity contribution in [3.8, 4) is 0 Å². The van der Waals surface area contributed by atoms with Crippen molar-refractivity contribution >= 4 is 53.4 Å². The molecule has 1 unspecified atom stereocenters. The van der Waals surface area contributed by atoms with Gasteiger partial charge in [-0.3, -0.25) is 14.6 Å². The summed E-state index contributed by atoms with van der Waals surface area (Å²) in [6, 6.07) is 7.00. The van der Waals surface area contributed by atoms with Crippen LogP contribution in [0.1, 0.15) is 42.5 Å². The molecule has 1 aromatic carbocycles. The number of carbonyl (C=O) groups is 2. The normalized spacial score (nSPS) is 19.3. The summed E-state index contributed by atoms with van der Waals surface area (Å²) in [5.74, 6) is 1.10. The molecule has 2 aliphatic rings. The zero-order valence-corrected chi connectivity index (χ0v) is 20.4. The molecule has 2 fully saturated rings. The second kappa shape index (κ2) is 12.3. The van der Waals surface area contributed by atoms with Crippen molar-refractivity contribution in [1.29, 1.82) is 0 Å². The van der Waals surface area contributed by atoms with E-state index in [0.29, 0.717) is 35.5 Å². The molecule has 7 nitrogen and oxygen atoms in total. The molecule has 1 heterocycles. The maximum Gasteiger partial charge on any atom is 0.251 e. The van der Waals surface area contributed by atoms with Crippen LogP contribution in [-0.4, -0.2) is 61.9 Å². The summed E-state index contributed by atoms with van der Waals surface area (Å²) in [7, 11) is 1.72. The van der Waals surface area contributed by atoms with Crippen molar-refractivity contribution in [2.24, 2.45) is 10.9 Å². The summed E-state index contributed by atoms with van der Waals surface area (Å²) < 4.78 is 0. The number of carbonyl (C=O) groups excluding carboxylic acids is 2. The van der Waals surface area contributed by atoms with Gasteiger partial charge in [-0.25, -0.2) is 0 Å². The minimum absolute atomic E-state index is 0. The third-order valence-electron chi connectivity index (χ3n) is 5.58. The number of amides is 2. The van der Waals surface area contributed by atoms with Gasteiger partial charge in [0.25, 0.3) is 5.91 Å². The molecule has 1 saturated carbocycles. The quantitative estimate of drug-likeness (QED) is 0.221. The van der Waals surface area contributed by atoms with Crippen molar-refractivity contribution in [3.05, 3.63) is 34.9 Å². The SMILES string of the molecule is CN=C(NCCNC(=O)c1ccc(Cl)cc1)NC1CCN(C(=O)C2CCCC2)C1.I. The lowest BCUT2D eigenvalue weighted by Crippen LogP contribution is -2.47. The van der Waals surface area contributed by atoms with Gasteiger partial charge in [0, 0.05) is 55.8 Å². The molecule has 2 amide bonds. The molecule has 1 aromatic rings. The maximum absolute atomic E-state index is 12.6.